The predicted molar refractivity (Wildman–Crippen MR) is 58.4 cm³/mol. The standard InChI is InChI=1S/C10H10BrClO2/c11-9-3-1-8(2-4-9)10(7-12)13-5-6-14-10/h1-4H,5-7H2. The van der Waals surface area contributed by atoms with Gasteiger partial charge in [-0.2, -0.15) is 0 Å². The molecule has 1 aliphatic heterocycles. The molecule has 0 unspecified atom stereocenters. The Morgan fingerprint density at radius 3 is 2.29 bits per heavy atom. The highest BCUT2D eigenvalue weighted by Gasteiger charge is 2.37. The number of hydrogen-bond donors (Lipinski definition) is 0. The van der Waals surface area contributed by atoms with Crippen LogP contribution in [-0.4, -0.2) is 19.1 Å². The van der Waals surface area contributed by atoms with Gasteiger partial charge < -0.3 is 9.47 Å². The van der Waals surface area contributed by atoms with Crippen molar-refractivity contribution in [2.24, 2.45) is 0 Å². The second-order valence-corrected chi connectivity index (χ2v) is 4.27. The number of rotatable bonds is 2. The minimum Gasteiger partial charge on any atom is -0.342 e. The van der Waals surface area contributed by atoms with Gasteiger partial charge in [0, 0.05) is 10.0 Å². The Labute approximate surface area is 96.3 Å². The van der Waals surface area contributed by atoms with Crippen LogP contribution in [0.4, 0.5) is 0 Å². The highest BCUT2D eigenvalue weighted by Crippen LogP contribution is 2.33. The summed E-state index contributed by atoms with van der Waals surface area (Å²) in [4.78, 5) is 0. The first-order chi connectivity index (χ1) is 6.77. The summed E-state index contributed by atoms with van der Waals surface area (Å²) in [5.41, 5.74) is 0.966. The maximum atomic E-state index is 5.88. The van der Waals surface area contributed by atoms with E-state index in [1.54, 1.807) is 0 Å². The third-order valence-corrected chi connectivity index (χ3v) is 3.09. The first-order valence-corrected chi connectivity index (χ1v) is 5.69. The van der Waals surface area contributed by atoms with Crippen molar-refractivity contribution in [1.29, 1.82) is 0 Å². The van der Waals surface area contributed by atoms with Gasteiger partial charge in [0.25, 0.3) is 0 Å². The van der Waals surface area contributed by atoms with Crippen molar-refractivity contribution >= 4 is 27.5 Å². The Kier molecular flexibility index (Phi) is 3.12. The normalized spacial score (nSPS) is 19.9. The van der Waals surface area contributed by atoms with Gasteiger partial charge in [0.1, 0.15) is 0 Å². The van der Waals surface area contributed by atoms with Crippen molar-refractivity contribution in [2.45, 2.75) is 5.79 Å². The van der Waals surface area contributed by atoms with Crippen molar-refractivity contribution < 1.29 is 9.47 Å². The van der Waals surface area contributed by atoms with Crippen molar-refractivity contribution in [3.8, 4) is 0 Å². The molecular weight excluding hydrogens is 267 g/mol. The number of halogens is 2. The topological polar surface area (TPSA) is 18.5 Å². The van der Waals surface area contributed by atoms with Gasteiger partial charge >= 0.3 is 0 Å². The third kappa shape index (κ3) is 1.82. The van der Waals surface area contributed by atoms with Gasteiger partial charge in [-0.15, -0.1) is 11.6 Å². The van der Waals surface area contributed by atoms with Crippen LogP contribution in [0, 0.1) is 0 Å². The van der Waals surface area contributed by atoms with Crippen molar-refractivity contribution in [3.05, 3.63) is 34.3 Å². The SMILES string of the molecule is ClCC1(c2ccc(Br)cc2)OCCO1. The molecule has 2 nitrogen and oxygen atoms in total. The summed E-state index contributed by atoms with van der Waals surface area (Å²) in [5.74, 6) is -0.420. The quantitative estimate of drug-likeness (QED) is 0.774. The molecule has 0 aliphatic carbocycles. The van der Waals surface area contributed by atoms with Crippen molar-refractivity contribution in [3.63, 3.8) is 0 Å². The Hall–Kier alpha value is -0.0900. The van der Waals surface area contributed by atoms with Gasteiger partial charge in [-0.05, 0) is 12.1 Å². The van der Waals surface area contributed by atoms with E-state index < -0.39 is 5.79 Å². The third-order valence-electron chi connectivity index (χ3n) is 2.21. The highest BCUT2D eigenvalue weighted by molar-refractivity contribution is 9.10. The fourth-order valence-corrected chi connectivity index (χ4v) is 2.05. The monoisotopic (exact) mass is 276 g/mol. The van der Waals surface area contributed by atoms with E-state index in [2.05, 4.69) is 15.9 Å². The summed E-state index contributed by atoms with van der Waals surface area (Å²) < 4.78 is 12.1. The lowest BCUT2D eigenvalue weighted by Crippen LogP contribution is -2.29. The van der Waals surface area contributed by atoms with E-state index in [9.17, 15) is 0 Å². The van der Waals surface area contributed by atoms with Crippen LogP contribution >= 0.6 is 27.5 Å². The highest BCUT2D eigenvalue weighted by atomic mass is 79.9. The molecule has 0 atom stereocenters. The maximum Gasteiger partial charge on any atom is 0.208 e. The number of benzene rings is 1. The average Bonchev–Trinajstić information content (AvgIpc) is 2.68. The summed E-state index contributed by atoms with van der Waals surface area (Å²) >= 11 is 9.26. The van der Waals surface area contributed by atoms with E-state index in [0.29, 0.717) is 19.1 Å². The Bertz CT molecular complexity index is 306. The summed E-state index contributed by atoms with van der Waals surface area (Å²) in [7, 11) is 0. The van der Waals surface area contributed by atoms with Crippen LogP contribution in [0.2, 0.25) is 0 Å². The molecule has 14 heavy (non-hydrogen) atoms. The molecule has 0 bridgehead atoms. The van der Waals surface area contributed by atoms with Crippen LogP contribution in [0.1, 0.15) is 5.56 Å². The van der Waals surface area contributed by atoms with E-state index in [-0.39, 0.29) is 0 Å². The molecule has 1 fully saturated rings. The summed E-state index contributed by atoms with van der Waals surface area (Å²) in [6.07, 6.45) is 0. The lowest BCUT2D eigenvalue weighted by atomic mass is 10.1. The molecule has 0 amide bonds. The van der Waals surface area contributed by atoms with Crippen molar-refractivity contribution in [2.75, 3.05) is 19.1 Å². The van der Waals surface area contributed by atoms with Crippen LogP contribution < -0.4 is 0 Å². The Morgan fingerprint density at radius 2 is 1.79 bits per heavy atom. The van der Waals surface area contributed by atoms with Crippen LogP contribution in [0.3, 0.4) is 0 Å². The smallest absolute Gasteiger partial charge is 0.208 e. The van der Waals surface area contributed by atoms with E-state index in [1.165, 1.54) is 0 Å². The number of hydrogen-bond acceptors (Lipinski definition) is 2. The molecule has 0 saturated carbocycles. The van der Waals surface area contributed by atoms with Crippen LogP contribution in [-0.2, 0) is 15.3 Å². The predicted octanol–water partition coefficient (Wildman–Crippen LogP) is 2.89. The molecule has 4 heteroatoms. The zero-order valence-electron chi connectivity index (χ0n) is 7.50. The number of alkyl halides is 1. The van der Waals surface area contributed by atoms with Gasteiger partial charge in [0.15, 0.2) is 0 Å². The molecule has 0 radical (unpaired) electrons. The molecule has 2 rings (SSSR count). The molecule has 0 spiro atoms. The Balaban J connectivity index is 2.31. The summed E-state index contributed by atoms with van der Waals surface area (Å²) in [6, 6.07) is 7.82. The van der Waals surface area contributed by atoms with Gasteiger partial charge in [0.05, 0.1) is 19.1 Å². The minimum absolute atomic E-state index is 0.314. The molecule has 0 aromatic heterocycles. The van der Waals surface area contributed by atoms with E-state index in [4.69, 9.17) is 21.1 Å². The molecule has 1 heterocycles. The largest absolute Gasteiger partial charge is 0.342 e. The molecule has 1 aromatic carbocycles. The van der Waals surface area contributed by atoms with Gasteiger partial charge in [-0.1, -0.05) is 28.1 Å². The first-order valence-electron chi connectivity index (χ1n) is 4.37. The lowest BCUT2D eigenvalue weighted by Gasteiger charge is -2.25. The van der Waals surface area contributed by atoms with E-state index in [1.807, 2.05) is 24.3 Å². The van der Waals surface area contributed by atoms with E-state index >= 15 is 0 Å². The molecular formula is C10H10BrClO2. The second-order valence-electron chi connectivity index (χ2n) is 3.09. The van der Waals surface area contributed by atoms with Crippen LogP contribution in [0.5, 0.6) is 0 Å². The summed E-state index contributed by atoms with van der Waals surface area (Å²) in [6.45, 7) is 1.20. The maximum absolute atomic E-state index is 5.88. The van der Waals surface area contributed by atoms with Gasteiger partial charge in [0.2, 0.25) is 5.79 Å². The minimum atomic E-state index is -0.734. The lowest BCUT2D eigenvalue weighted by molar-refractivity contribution is -0.146. The number of ether oxygens (including phenoxy) is 2. The van der Waals surface area contributed by atoms with E-state index in [0.717, 1.165) is 10.0 Å². The second kappa shape index (κ2) is 4.19. The zero-order chi connectivity index (χ0) is 10.0. The van der Waals surface area contributed by atoms with Crippen LogP contribution in [0.15, 0.2) is 28.7 Å². The zero-order valence-corrected chi connectivity index (χ0v) is 9.85. The molecule has 1 aliphatic rings. The van der Waals surface area contributed by atoms with Gasteiger partial charge in [-0.25, -0.2) is 0 Å². The molecule has 76 valence electrons. The Morgan fingerprint density at radius 1 is 1.21 bits per heavy atom. The molecule has 0 N–H and O–H groups in total. The molecule has 1 aromatic rings. The molecule has 1 saturated heterocycles. The fraction of sp³-hybridized carbons (Fsp3) is 0.400. The summed E-state index contributed by atoms with van der Waals surface area (Å²) in [5, 5.41) is 0. The average molecular weight is 278 g/mol. The van der Waals surface area contributed by atoms with Gasteiger partial charge in [-0.3, -0.25) is 0 Å². The first kappa shape index (κ1) is 10.4. The fourth-order valence-electron chi connectivity index (χ4n) is 1.48. The van der Waals surface area contributed by atoms with Crippen molar-refractivity contribution in [1.82, 2.24) is 0 Å². The van der Waals surface area contributed by atoms with Crippen LogP contribution in [0.25, 0.3) is 0 Å².